The number of hydrogen-bond donors (Lipinski definition) is 0. The molecule has 0 radical (unpaired) electrons. The smallest absolute Gasteiger partial charge is 3.00 e. The van der Waals surface area contributed by atoms with Crippen LogP contribution in [0.25, 0.3) is 24.6 Å². The van der Waals surface area contributed by atoms with Gasteiger partial charge in [0, 0.05) is 93.3 Å². The van der Waals surface area contributed by atoms with Crippen molar-refractivity contribution in [2.45, 2.75) is 0 Å². The molecule has 0 aliphatic rings. The third-order valence-corrected chi connectivity index (χ3v) is 0. The molecule has 0 saturated carbocycles. The molecule has 0 spiro atoms. The zero-order chi connectivity index (χ0) is 0. The molecule has 0 aromatic carbocycles. The van der Waals surface area contributed by atoms with Gasteiger partial charge in [0.1, 0.15) is 0 Å². The molecule has 0 unspecified atom stereocenters. The first kappa shape index (κ1) is 101. The van der Waals surface area contributed by atoms with Crippen molar-refractivity contribution < 1.29 is 181 Å². The summed E-state index contributed by atoms with van der Waals surface area (Å²) in [5.41, 5.74) is 0. The van der Waals surface area contributed by atoms with Crippen molar-refractivity contribution in [3.63, 3.8) is 0 Å². The molecule has 0 fully saturated rings. The first-order valence-electron chi connectivity index (χ1n) is 0. The quantitative estimate of drug-likeness (QED) is 0.346. The van der Waals surface area contributed by atoms with Gasteiger partial charge >= 0.3 is 87.5 Å². The van der Waals surface area contributed by atoms with Crippen LogP contribution < -0.4 is 0 Å². The summed E-state index contributed by atoms with van der Waals surface area (Å²) >= 11 is 0. The SMILES string of the molecule is [N-3].[N-3].[N-3].[N-3].[Pu+4].[Pu+4].[Pu+4].[U].[U].[U]. The minimum Gasteiger partial charge on any atom is -3.00 e. The number of rotatable bonds is 0. The first-order valence-corrected chi connectivity index (χ1v) is 0. The second-order valence-corrected chi connectivity index (χ2v) is 0. The average molecular weight is 1500 g/mol. The molecule has 50 valence electrons. The predicted molar refractivity (Wildman–Crippen MR) is 13.4 cm³/mol. The molecular weight excluding hydrogens is 1500 g/mol. The van der Waals surface area contributed by atoms with Crippen LogP contribution in [0.1, 0.15) is 0 Å². The Labute approximate surface area is 200 Å². The van der Waals surface area contributed by atoms with Gasteiger partial charge in [0.2, 0.25) is 0 Å². The van der Waals surface area contributed by atoms with E-state index in [1.807, 2.05) is 0 Å². The van der Waals surface area contributed by atoms with Gasteiger partial charge in [0.15, 0.2) is 0 Å². The predicted octanol–water partition coefficient (Wildman–Crippen LogP) is 1.15. The normalized spacial score (nSPS) is 0. The van der Waals surface area contributed by atoms with Gasteiger partial charge in [-0.3, -0.25) is 0 Å². The molecule has 10 heavy (non-hydrogen) atoms. The largest absolute Gasteiger partial charge is 4.00 e. The van der Waals surface area contributed by atoms with E-state index in [0.29, 0.717) is 0 Å². The van der Waals surface area contributed by atoms with E-state index < -0.39 is 0 Å². The fraction of sp³-hybridized carbons (Fsp3) is 0. The first-order chi connectivity index (χ1) is 0. The molecule has 0 heterocycles. The summed E-state index contributed by atoms with van der Waals surface area (Å²) in [7, 11) is 0. The molecule has 0 aromatic heterocycles. The van der Waals surface area contributed by atoms with Crippen LogP contribution in [0.15, 0.2) is 0 Å². The molecule has 0 atom stereocenters. The Kier molecular flexibility index (Phi) is 826. The van der Waals surface area contributed by atoms with E-state index in [4.69, 9.17) is 0 Å². The maximum absolute atomic E-state index is 0. The minimum atomic E-state index is 0. The van der Waals surface area contributed by atoms with Gasteiger partial charge in [-0.2, -0.15) is 0 Å². The van der Waals surface area contributed by atoms with E-state index in [1.165, 1.54) is 0 Å². The van der Waals surface area contributed by atoms with E-state index in [-0.39, 0.29) is 205 Å². The number of hydrogen-bond acceptors (Lipinski definition) is 0. The van der Waals surface area contributed by atoms with Crippen LogP contribution in [-0.2, 0) is 0 Å². The van der Waals surface area contributed by atoms with Crippen molar-refractivity contribution in [1.29, 1.82) is 0 Å². The van der Waals surface area contributed by atoms with E-state index in [1.54, 1.807) is 0 Å². The van der Waals surface area contributed by atoms with E-state index >= 15 is 0 Å². The summed E-state index contributed by atoms with van der Waals surface area (Å²) in [6, 6.07) is 0. The van der Waals surface area contributed by atoms with Gasteiger partial charge in [-0.05, 0) is 0 Å². The molecule has 0 N–H and O–H groups in total. The van der Waals surface area contributed by atoms with Gasteiger partial charge in [0.25, 0.3) is 0 Å². The molecule has 0 amide bonds. The Morgan fingerprint density at radius 2 is 0.300 bits per heavy atom. The van der Waals surface area contributed by atoms with Crippen LogP contribution in [0.4, 0.5) is 0 Å². The minimum absolute atomic E-state index is 0. The molecule has 0 aromatic rings. The standard InChI is InChI=1S/4N.3Pu.3U/q4*-3;3*+4;;;. The Balaban J connectivity index is 0. The van der Waals surface area contributed by atoms with Crippen molar-refractivity contribution in [3.05, 3.63) is 24.6 Å². The fourth-order valence-electron chi connectivity index (χ4n) is 0. The van der Waals surface area contributed by atoms with E-state index in [0.717, 1.165) is 0 Å². The zero-order valence-electron chi connectivity index (χ0n) is 4.51. The summed E-state index contributed by atoms with van der Waals surface area (Å²) in [6.45, 7) is 0. The van der Waals surface area contributed by atoms with Gasteiger partial charge in [0.05, 0.1) is 0 Å². The maximum Gasteiger partial charge on any atom is 4.00 e. The molecule has 0 rings (SSSR count). The Morgan fingerprint density at radius 1 is 0.300 bits per heavy atom. The fourth-order valence-corrected chi connectivity index (χ4v) is 0. The van der Waals surface area contributed by atoms with Gasteiger partial charge < -0.3 is 24.6 Å². The molecule has 0 aliphatic carbocycles. The van der Waals surface area contributed by atoms with E-state index in [2.05, 4.69) is 0 Å². The second-order valence-electron chi connectivity index (χ2n) is 0. The van der Waals surface area contributed by atoms with E-state index in [9.17, 15) is 0 Å². The second kappa shape index (κ2) is 82.1. The summed E-state index contributed by atoms with van der Waals surface area (Å²) < 4.78 is 0. The Morgan fingerprint density at radius 3 is 0.300 bits per heavy atom. The maximum atomic E-state index is 0. The van der Waals surface area contributed by atoms with Crippen LogP contribution in [0.3, 0.4) is 0 Å². The van der Waals surface area contributed by atoms with Crippen LogP contribution in [-0.4, -0.2) is 0 Å². The van der Waals surface area contributed by atoms with Crippen LogP contribution >= 0.6 is 0 Å². The molecule has 10 heteroatoms. The Bertz CT molecular complexity index is 15.7. The van der Waals surface area contributed by atoms with Gasteiger partial charge in [-0.15, -0.1) is 0 Å². The summed E-state index contributed by atoms with van der Waals surface area (Å²) in [5, 5.41) is 0. The number of nitrogens with zero attached hydrogens (tertiary/aromatic N) is 4. The van der Waals surface area contributed by atoms with Crippen LogP contribution in [0.2, 0.25) is 0 Å². The third kappa shape index (κ3) is 66.0. The van der Waals surface area contributed by atoms with Crippen LogP contribution in [0, 0.1) is 181 Å². The summed E-state index contributed by atoms with van der Waals surface area (Å²) in [4.78, 5) is 0. The third-order valence-electron chi connectivity index (χ3n) is 0. The van der Waals surface area contributed by atoms with Crippen LogP contribution in [0.5, 0.6) is 0 Å². The van der Waals surface area contributed by atoms with Gasteiger partial charge in [-0.25, -0.2) is 0 Å². The van der Waals surface area contributed by atoms with Crippen molar-refractivity contribution in [2.75, 3.05) is 0 Å². The average Bonchev–Trinajstić information content (AvgIpc) is 0. The summed E-state index contributed by atoms with van der Waals surface area (Å²) in [5.74, 6) is 0. The van der Waals surface area contributed by atoms with Gasteiger partial charge in [-0.1, -0.05) is 0 Å². The monoisotopic (exact) mass is 1480 g/mol. The van der Waals surface area contributed by atoms with Crippen molar-refractivity contribution in [2.24, 2.45) is 0 Å². The molecule has 4 nitrogen and oxygen atoms in total. The Hall–Kier alpha value is 5.96. The molecule has 0 bridgehead atoms. The topological polar surface area (TPSA) is 122 Å². The zero-order valence-corrected chi connectivity index (χ0v) is 27.2. The molecule has 0 saturated heterocycles. The van der Waals surface area contributed by atoms with Crippen molar-refractivity contribution in [1.82, 2.24) is 0 Å². The summed E-state index contributed by atoms with van der Waals surface area (Å²) in [6.07, 6.45) is 0. The van der Waals surface area contributed by atoms with Crippen molar-refractivity contribution >= 4 is 0 Å². The molecular formula is N4Pu3U3. The van der Waals surface area contributed by atoms with Crippen molar-refractivity contribution in [3.8, 4) is 0 Å². The molecule has 0 aliphatic heterocycles.